The first-order valence-corrected chi connectivity index (χ1v) is 4.47. The topological polar surface area (TPSA) is 54.6 Å². The third kappa shape index (κ3) is 1.73. The Hall–Kier alpha value is -1.10. The van der Waals surface area contributed by atoms with Gasteiger partial charge in [0.2, 0.25) is 10.7 Å². The van der Waals surface area contributed by atoms with Gasteiger partial charge in [-0.05, 0) is 6.42 Å². The van der Waals surface area contributed by atoms with Crippen LogP contribution in [0.1, 0.15) is 19.5 Å². The standard InChI is InChI=1S/C7H10N2O2S/c1-3-6-4-12-7(9(6)11)8-5(2)10/h4,11H,3H2,1-2H3/b8-7-. The molecule has 0 radical (unpaired) electrons. The molecule has 12 heavy (non-hydrogen) atoms. The molecule has 0 aromatic carbocycles. The molecule has 0 saturated heterocycles. The maximum atomic E-state index is 10.6. The van der Waals surface area contributed by atoms with Gasteiger partial charge < -0.3 is 5.21 Å². The normalized spacial score (nSPS) is 12.0. The predicted molar refractivity (Wildman–Crippen MR) is 45.1 cm³/mol. The van der Waals surface area contributed by atoms with Gasteiger partial charge >= 0.3 is 0 Å². The van der Waals surface area contributed by atoms with Crippen LogP contribution in [0.5, 0.6) is 0 Å². The molecule has 1 N–H and O–H groups in total. The van der Waals surface area contributed by atoms with Crippen LogP contribution in [0.25, 0.3) is 0 Å². The van der Waals surface area contributed by atoms with E-state index in [0.717, 1.165) is 16.8 Å². The number of thiazole rings is 1. The van der Waals surface area contributed by atoms with Crippen molar-refractivity contribution in [3.8, 4) is 0 Å². The van der Waals surface area contributed by atoms with Gasteiger partial charge in [-0.25, -0.2) is 0 Å². The minimum atomic E-state index is -0.303. The minimum Gasteiger partial charge on any atom is -0.426 e. The fourth-order valence-corrected chi connectivity index (χ4v) is 1.69. The Bertz CT molecular complexity index is 351. The average molecular weight is 186 g/mol. The van der Waals surface area contributed by atoms with Gasteiger partial charge in [-0.3, -0.25) is 4.79 Å². The van der Waals surface area contributed by atoms with Crippen molar-refractivity contribution >= 4 is 17.2 Å². The Labute approximate surface area is 73.8 Å². The molecule has 0 atom stereocenters. The second-order valence-electron chi connectivity index (χ2n) is 2.31. The number of amides is 1. The van der Waals surface area contributed by atoms with Gasteiger partial charge in [0.25, 0.3) is 0 Å². The minimum absolute atomic E-state index is 0.303. The van der Waals surface area contributed by atoms with Crippen molar-refractivity contribution in [3.63, 3.8) is 0 Å². The maximum Gasteiger partial charge on any atom is 0.245 e. The van der Waals surface area contributed by atoms with E-state index in [1.54, 1.807) is 5.38 Å². The number of rotatable bonds is 1. The molecule has 1 amide bonds. The van der Waals surface area contributed by atoms with Crippen molar-refractivity contribution in [1.29, 1.82) is 0 Å². The maximum absolute atomic E-state index is 10.6. The molecule has 1 aromatic heterocycles. The van der Waals surface area contributed by atoms with Crippen LogP contribution in [0.2, 0.25) is 0 Å². The van der Waals surface area contributed by atoms with Gasteiger partial charge in [0.15, 0.2) is 0 Å². The van der Waals surface area contributed by atoms with Crippen molar-refractivity contribution in [1.82, 2.24) is 4.73 Å². The van der Waals surface area contributed by atoms with E-state index >= 15 is 0 Å². The van der Waals surface area contributed by atoms with Crippen molar-refractivity contribution in [2.45, 2.75) is 20.3 Å². The number of carbonyl (C=O) groups excluding carboxylic acids is 1. The molecule has 0 saturated carbocycles. The number of carbonyl (C=O) groups is 1. The second-order valence-corrected chi connectivity index (χ2v) is 3.14. The number of hydrogen-bond acceptors (Lipinski definition) is 3. The number of hydrogen-bond donors (Lipinski definition) is 1. The molecule has 1 heterocycles. The van der Waals surface area contributed by atoms with E-state index in [1.165, 1.54) is 18.3 Å². The summed E-state index contributed by atoms with van der Waals surface area (Å²) in [6.45, 7) is 3.28. The molecule has 5 heteroatoms. The van der Waals surface area contributed by atoms with Gasteiger partial charge in [0.1, 0.15) is 0 Å². The molecule has 0 unspecified atom stereocenters. The third-order valence-corrected chi connectivity index (χ3v) is 2.23. The first-order valence-electron chi connectivity index (χ1n) is 3.59. The molecule has 1 rings (SSSR count). The van der Waals surface area contributed by atoms with E-state index in [4.69, 9.17) is 0 Å². The molecule has 0 fully saturated rings. The molecular formula is C7H10N2O2S. The average Bonchev–Trinajstić information content (AvgIpc) is 2.32. The molecule has 0 bridgehead atoms. The summed E-state index contributed by atoms with van der Waals surface area (Å²) >= 11 is 1.25. The predicted octanol–water partition coefficient (Wildman–Crippen LogP) is 0.796. The summed E-state index contributed by atoms with van der Waals surface area (Å²) in [7, 11) is 0. The third-order valence-electron chi connectivity index (χ3n) is 1.37. The van der Waals surface area contributed by atoms with Gasteiger partial charge in [-0.1, -0.05) is 6.92 Å². The SMILES string of the molecule is CCc1cs/c(=N\C(C)=O)n1O. The molecule has 4 nitrogen and oxygen atoms in total. The molecule has 0 aliphatic carbocycles. The smallest absolute Gasteiger partial charge is 0.245 e. The Morgan fingerprint density at radius 1 is 1.83 bits per heavy atom. The van der Waals surface area contributed by atoms with E-state index in [2.05, 4.69) is 4.99 Å². The van der Waals surface area contributed by atoms with Crippen LogP contribution < -0.4 is 4.80 Å². The number of aryl methyl sites for hydroxylation is 1. The molecule has 0 aliphatic rings. The van der Waals surface area contributed by atoms with Gasteiger partial charge in [0, 0.05) is 12.3 Å². The van der Waals surface area contributed by atoms with Crippen LogP contribution in [0, 0.1) is 0 Å². The van der Waals surface area contributed by atoms with E-state index in [0.29, 0.717) is 4.80 Å². The molecule has 0 aliphatic heterocycles. The molecular weight excluding hydrogens is 176 g/mol. The van der Waals surface area contributed by atoms with Gasteiger partial charge in [0.05, 0.1) is 5.69 Å². The lowest BCUT2D eigenvalue weighted by Gasteiger charge is -1.94. The zero-order valence-corrected chi connectivity index (χ0v) is 7.76. The lowest BCUT2D eigenvalue weighted by atomic mass is 10.4. The Morgan fingerprint density at radius 3 is 2.92 bits per heavy atom. The zero-order valence-electron chi connectivity index (χ0n) is 6.94. The van der Waals surface area contributed by atoms with Crippen molar-refractivity contribution in [3.05, 3.63) is 15.9 Å². The monoisotopic (exact) mass is 186 g/mol. The highest BCUT2D eigenvalue weighted by molar-refractivity contribution is 7.07. The second kappa shape index (κ2) is 3.53. The summed E-state index contributed by atoms with van der Waals surface area (Å²) in [6, 6.07) is 0. The zero-order chi connectivity index (χ0) is 9.14. The summed E-state index contributed by atoms with van der Waals surface area (Å²) in [4.78, 5) is 14.5. The fourth-order valence-electron chi connectivity index (χ4n) is 0.785. The van der Waals surface area contributed by atoms with E-state index in [1.807, 2.05) is 6.92 Å². The summed E-state index contributed by atoms with van der Waals surface area (Å²) in [5, 5.41) is 11.1. The van der Waals surface area contributed by atoms with Crippen LogP contribution >= 0.6 is 11.3 Å². The fraction of sp³-hybridized carbons (Fsp3) is 0.429. The van der Waals surface area contributed by atoms with Crippen molar-refractivity contribution in [2.24, 2.45) is 4.99 Å². The van der Waals surface area contributed by atoms with Crippen molar-refractivity contribution in [2.75, 3.05) is 0 Å². The first kappa shape index (κ1) is 8.99. The van der Waals surface area contributed by atoms with Crippen LogP contribution in [0.4, 0.5) is 0 Å². The summed E-state index contributed by atoms with van der Waals surface area (Å²) < 4.78 is 0.950. The van der Waals surface area contributed by atoms with Crippen LogP contribution in [0.3, 0.4) is 0 Å². The van der Waals surface area contributed by atoms with Gasteiger partial charge in [-0.2, -0.15) is 9.72 Å². The number of nitrogens with zero attached hydrogens (tertiary/aromatic N) is 2. The Kier molecular flexibility index (Phi) is 2.65. The Morgan fingerprint density at radius 2 is 2.50 bits per heavy atom. The lowest BCUT2D eigenvalue weighted by Crippen LogP contribution is -2.15. The summed E-state index contributed by atoms with van der Waals surface area (Å²) in [6.07, 6.45) is 0.723. The first-order chi connectivity index (χ1) is 5.65. The van der Waals surface area contributed by atoms with Crippen LogP contribution in [0.15, 0.2) is 10.4 Å². The van der Waals surface area contributed by atoms with E-state index in [-0.39, 0.29) is 5.91 Å². The lowest BCUT2D eigenvalue weighted by molar-refractivity contribution is -0.116. The quantitative estimate of drug-likeness (QED) is 0.659. The Balaban J connectivity index is 3.19. The van der Waals surface area contributed by atoms with Crippen LogP contribution in [-0.2, 0) is 11.2 Å². The molecule has 0 spiro atoms. The molecule has 66 valence electrons. The summed E-state index contributed by atoms with van der Waals surface area (Å²) in [5.74, 6) is -0.303. The highest BCUT2D eigenvalue weighted by Gasteiger charge is 2.00. The number of aromatic nitrogens is 1. The largest absolute Gasteiger partial charge is 0.426 e. The highest BCUT2D eigenvalue weighted by Crippen LogP contribution is 1.99. The van der Waals surface area contributed by atoms with Gasteiger partial charge in [-0.15, -0.1) is 11.3 Å². The van der Waals surface area contributed by atoms with Crippen molar-refractivity contribution < 1.29 is 10.0 Å². The van der Waals surface area contributed by atoms with Crippen LogP contribution in [-0.4, -0.2) is 15.8 Å². The van der Waals surface area contributed by atoms with E-state index in [9.17, 15) is 10.0 Å². The summed E-state index contributed by atoms with van der Waals surface area (Å²) in [5.41, 5.74) is 0.764. The highest BCUT2D eigenvalue weighted by atomic mass is 32.1. The van der Waals surface area contributed by atoms with E-state index < -0.39 is 0 Å². The molecule has 1 aromatic rings.